The van der Waals surface area contributed by atoms with Gasteiger partial charge >= 0.3 is 0 Å². The second-order valence-electron chi connectivity index (χ2n) is 5.02. The van der Waals surface area contributed by atoms with Crippen molar-refractivity contribution in [3.63, 3.8) is 0 Å². The summed E-state index contributed by atoms with van der Waals surface area (Å²) < 4.78 is 0. The number of hydrogen-bond donors (Lipinski definition) is 2. The highest BCUT2D eigenvalue weighted by molar-refractivity contribution is 5.78. The van der Waals surface area contributed by atoms with E-state index >= 15 is 0 Å². The van der Waals surface area contributed by atoms with Gasteiger partial charge in [-0.3, -0.25) is 0 Å². The zero-order valence-corrected chi connectivity index (χ0v) is 9.74. The lowest BCUT2D eigenvalue weighted by Crippen LogP contribution is -2.51. The van der Waals surface area contributed by atoms with Crippen molar-refractivity contribution in [3.05, 3.63) is 0 Å². The summed E-state index contributed by atoms with van der Waals surface area (Å²) >= 11 is 0. The number of nitrogens with two attached hydrogens (primary N) is 1. The van der Waals surface area contributed by atoms with Gasteiger partial charge < -0.3 is 16.0 Å². The Labute approximate surface area is 91.9 Å². The van der Waals surface area contributed by atoms with E-state index in [4.69, 9.17) is 5.73 Å². The topological polar surface area (TPSA) is 53.6 Å². The van der Waals surface area contributed by atoms with Crippen LogP contribution in [-0.4, -0.2) is 42.6 Å². The van der Waals surface area contributed by atoms with Crippen molar-refractivity contribution in [1.82, 2.24) is 10.2 Å². The van der Waals surface area contributed by atoms with E-state index in [0.717, 1.165) is 12.5 Å². The summed E-state index contributed by atoms with van der Waals surface area (Å²) in [6, 6.07) is 0.800. The van der Waals surface area contributed by atoms with Crippen LogP contribution >= 0.6 is 0 Å². The molecule has 0 aromatic rings. The standard InChI is InChI=1S/C11H22N4/c1-8(2)13-11(12)14-10-7-15-5-3-9(10)4-6-15/h8-10H,3-7H2,1-2H3,(H3,12,13,14). The molecule has 3 aliphatic heterocycles. The van der Waals surface area contributed by atoms with E-state index in [2.05, 4.69) is 29.1 Å². The molecule has 0 amide bonds. The fourth-order valence-corrected chi connectivity index (χ4v) is 2.59. The maximum Gasteiger partial charge on any atom is 0.189 e. The van der Waals surface area contributed by atoms with E-state index < -0.39 is 0 Å². The van der Waals surface area contributed by atoms with Crippen molar-refractivity contribution >= 4 is 5.96 Å². The molecule has 1 unspecified atom stereocenters. The average Bonchev–Trinajstić information content (AvgIpc) is 2.17. The maximum atomic E-state index is 5.86. The molecule has 3 N–H and O–H groups in total. The van der Waals surface area contributed by atoms with Gasteiger partial charge in [-0.15, -0.1) is 0 Å². The molecule has 0 aromatic carbocycles. The first-order valence-corrected chi connectivity index (χ1v) is 5.97. The molecule has 86 valence electrons. The molecule has 3 heterocycles. The van der Waals surface area contributed by atoms with E-state index in [0.29, 0.717) is 18.0 Å². The minimum absolute atomic E-state index is 0.370. The van der Waals surface area contributed by atoms with Gasteiger partial charge in [0.05, 0.1) is 6.04 Å². The summed E-state index contributed by atoms with van der Waals surface area (Å²) in [6.07, 6.45) is 2.59. The van der Waals surface area contributed by atoms with Crippen molar-refractivity contribution in [2.24, 2.45) is 16.6 Å². The van der Waals surface area contributed by atoms with Crippen molar-refractivity contribution in [2.75, 3.05) is 19.6 Å². The van der Waals surface area contributed by atoms with Crippen LogP contribution in [0.25, 0.3) is 0 Å². The van der Waals surface area contributed by atoms with Gasteiger partial charge in [0.1, 0.15) is 0 Å². The highest BCUT2D eigenvalue weighted by atomic mass is 15.2. The molecular formula is C11H22N4. The predicted molar refractivity (Wildman–Crippen MR) is 62.8 cm³/mol. The molecule has 3 aliphatic rings. The van der Waals surface area contributed by atoms with Crippen LogP contribution in [-0.2, 0) is 0 Å². The van der Waals surface area contributed by atoms with Gasteiger partial charge in [0.2, 0.25) is 0 Å². The first-order chi connectivity index (χ1) is 7.15. The predicted octanol–water partition coefficient (Wildman–Crippen LogP) is 0.393. The molecule has 1 atom stereocenters. The van der Waals surface area contributed by atoms with Crippen molar-refractivity contribution < 1.29 is 0 Å². The van der Waals surface area contributed by atoms with E-state index in [1.807, 2.05) is 0 Å². The first-order valence-electron chi connectivity index (χ1n) is 5.97. The number of aliphatic imine (C=N–C) groups is 1. The lowest BCUT2D eigenvalue weighted by Gasteiger charge is -2.43. The Balaban J connectivity index is 1.93. The van der Waals surface area contributed by atoms with Crippen LogP contribution in [0.1, 0.15) is 26.7 Å². The molecule has 0 aliphatic carbocycles. The number of piperidine rings is 3. The number of fused-ring (bicyclic) bond motifs is 3. The van der Waals surface area contributed by atoms with Gasteiger partial charge in [0, 0.05) is 12.6 Å². The molecule has 0 saturated carbocycles. The molecule has 4 heteroatoms. The number of nitrogens with zero attached hydrogens (tertiary/aromatic N) is 2. The summed E-state index contributed by atoms with van der Waals surface area (Å²) in [4.78, 5) is 7.10. The van der Waals surface area contributed by atoms with Crippen molar-refractivity contribution in [2.45, 2.75) is 38.8 Å². The minimum Gasteiger partial charge on any atom is -0.370 e. The van der Waals surface area contributed by atoms with Gasteiger partial charge in [-0.1, -0.05) is 0 Å². The van der Waals surface area contributed by atoms with Crippen LogP contribution in [0.2, 0.25) is 0 Å². The third-order valence-corrected chi connectivity index (χ3v) is 3.36. The van der Waals surface area contributed by atoms with Gasteiger partial charge in [0.15, 0.2) is 5.96 Å². The fraction of sp³-hybridized carbons (Fsp3) is 0.909. The summed E-state index contributed by atoms with van der Waals surface area (Å²) in [5, 5.41) is 3.16. The minimum atomic E-state index is 0.370. The van der Waals surface area contributed by atoms with Crippen molar-refractivity contribution in [3.8, 4) is 0 Å². The Morgan fingerprint density at radius 3 is 2.53 bits per heavy atom. The molecule has 15 heavy (non-hydrogen) atoms. The van der Waals surface area contributed by atoms with E-state index in [1.54, 1.807) is 0 Å². The second kappa shape index (κ2) is 4.39. The summed E-state index contributed by atoms with van der Waals surface area (Å²) in [7, 11) is 0. The van der Waals surface area contributed by atoms with Gasteiger partial charge in [-0.05, 0) is 45.7 Å². The Morgan fingerprint density at radius 1 is 1.40 bits per heavy atom. The molecular weight excluding hydrogens is 188 g/mol. The van der Waals surface area contributed by atoms with Crippen LogP contribution < -0.4 is 11.1 Å². The van der Waals surface area contributed by atoms with Gasteiger partial charge in [-0.25, -0.2) is 4.99 Å². The Hall–Kier alpha value is -0.770. The van der Waals surface area contributed by atoms with Crippen LogP contribution in [0.5, 0.6) is 0 Å². The Morgan fingerprint density at radius 2 is 2.07 bits per heavy atom. The number of guanidine groups is 1. The zero-order chi connectivity index (χ0) is 10.8. The Kier molecular flexibility index (Phi) is 3.14. The number of hydrogen-bond acceptors (Lipinski definition) is 2. The molecule has 0 aromatic heterocycles. The second-order valence-corrected chi connectivity index (χ2v) is 5.02. The Bertz CT molecular complexity index is 241. The van der Waals surface area contributed by atoms with E-state index in [9.17, 15) is 0 Å². The van der Waals surface area contributed by atoms with Crippen LogP contribution in [0, 0.1) is 5.92 Å². The number of rotatable bonds is 2. The maximum absolute atomic E-state index is 5.86. The third kappa shape index (κ3) is 2.62. The van der Waals surface area contributed by atoms with Crippen molar-refractivity contribution in [1.29, 1.82) is 0 Å². The molecule has 2 bridgehead atoms. The first kappa shape index (κ1) is 10.7. The van der Waals surface area contributed by atoms with Crippen LogP contribution in [0.3, 0.4) is 0 Å². The summed E-state index contributed by atoms with van der Waals surface area (Å²) in [6.45, 7) is 7.78. The quantitative estimate of drug-likeness (QED) is 0.512. The normalized spacial score (nSPS) is 35.9. The summed E-state index contributed by atoms with van der Waals surface area (Å²) in [5.74, 6) is 1.38. The molecule has 3 rings (SSSR count). The van der Waals surface area contributed by atoms with E-state index in [-0.39, 0.29) is 0 Å². The molecule has 3 fully saturated rings. The largest absolute Gasteiger partial charge is 0.370 e. The smallest absolute Gasteiger partial charge is 0.189 e. The van der Waals surface area contributed by atoms with Gasteiger partial charge in [-0.2, -0.15) is 0 Å². The third-order valence-electron chi connectivity index (χ3n) is 3.36. The highest BCUT2D eigenvalue weighted by Crippen LogP contribution is 2.29. The number of nitrogens with one attached hydrogen (secondary N) is 1. The molecule has 0 spiro atoms. The molecule has 4 nitrogen and oxygen atoms in total. The zero-order valence-electron chi connectivity index (χ0n) is 9.74. The summed E-state index contributed by atoms with van der Waals surface area (Å²) in [5.41, 5.74) is 5.86. The van der Waals surface area contributed by atoms with Crippen LogP contribution in [0.4, 0.5) is 0 Å². The van der Waals surface area contributed by atoms with Gasteiger partial charge in [0.25, 0.3) is 0 Å². The van der Waals surface area contributed by atoms with E-state index in [1.165, 1.54) is 25.9 Å². The fourth-order valence-electron chi connectivity index (χ4n) is 2.59. The monoisotopic (exact) mass is 210 g/mol. The average molecular weight is 210 g/mol. The molecule has 3 saturated heterocycles. The van der Waals surface area contributed by atoms with Crippen LogP contribution in [0.15, 0.2) is 4.99 Å². The SMILES string of the molecule is CC(C)NC(N)=NC1CN2CCC1CC2. The highest BCUT2D eigenvalue weighted by Gasteiger charge is 2.33. The lowest BCUT2D eigenvalue weighted by molar-refractivity contribution is 0.0904. The molecule has 0 radical (unpaired) electrons. The lowest BCUT2D eigenvalue weighted by atomic mass is 9.84.